The third-order valence-electron chi connectivity index (χ3n) is 4.81. The Morgan fingerprint density at radius 2 is 0.700 bits per heavy atom. The van der Waals surface area contributed by atoms with Crippen LogP contribution in [0.3, 0.4) is 0 Å². The van der Waals surface area contributed by atoms with Crippen LogP contribution in [0.4, 0.5) is 0 Å². The average molecular weight is 569 g/mol. The molecule has 40 heavy (non-hydrogen) atoms. The molecule has 0 aromatic heterocycles. The van der Waals surface area contributed by atoms with Crippen LogP contribution in [0.25, 0.3) is 0 Å². The van der Waals surface area contributed by atoms with Crippen molar-refractivity contribution in [2.75, 3.05) is 0 Å². The predicted octanol–water partition coefficient (Wildman–Crippen LogP) is 5.80. The van der Waals surface area contributed by atoms with E-state index in [1.54, 1.807) is 48.5 Å². The summed E-state index contributed by atoms with van der Waals surface area (Å²) in [5.74, 6) is 1.55. The molecule has 10 nitrogen and oxygen atoms in total. The van der Waals surface area contributed by atoms with Crippen molar-refractivity contribution in [2.24, 2.45) is 0 Å². The largest absolute Gasteiger partial charge is 0.388 e. The van der Waals surface area contributed by atoms with Crippen LogP contribution in [-0.2, 0) is 9.84 Å². The lowest BCUT2D eigenvalue weighted by Crippen LogP contribution is -2.01. The van der Waals surface area contributed by atoms with E-state index in [1.165, 1.54) is 61.0 Å². The van der Waals surface area contributed by atoms with Gasteiger partial charge in [0.2, 0.25) is 9.84 Å². The molecule has 0 amide bonds. The minimum atomic E-state index is -3.68. The first kappa shape index (κ1) is 28.9. The smallest absolute Gasteiger partial charge is 0.292 e. The molecule has 4 aromatic carbocycles. The maximum Gasteiger partial charge on any atom is 0.292 e. The minimum absolute atomic E-state index is 0.0711. The lowest BCUT2D eigenvalue weighted by atomic mass is 10.3. The van der Waals surface area contributed by atoms with Crippen molar-refractivity contribution in [3.05, 3.63) is 97.1 Å². The molecule has 0 unspecified atom stereocenters. The molecule has 196 valence electrons. The summed E-state index contributed by atoms with van der Waals surface area (Å²) in [5.41, 5.74) is 0. The molecule has 0 N–H and O–H groups in total. The molecule has 0 radical (unpaired) electrons. The predicted molar refractivity (Wildman–Crippen MR) is 140 cm³/mol. The van der Waals surface area contributed by atoms with Crippen LogP contribution in [0.15, 0.2) is 117 Å². The molecule has 4 aromatic rings. The van der Waals surface area contributed by atoms with E-state index in [4.69, 9.17) is 30.5 Å². The highest BCUT2D eigenvalue weighted by Crippen LogP contribution is 2.30. The third kappa shape index (κ3) is 8.17. The second-order valence-corrected chi connectivity index (χ2v) is 10.4. The monoisotopic (exact) mass is 568 g/mol. The zero-order chi connectivity index (χ0) is 28.8. The van der Waals surface area contributed by atoms with Crippen LogP contribution in [0.5, 0.6) is 23.0 Å². The summed E-state index contributed by atoms with van der Waals surface area (Å²) >= 11 is 1.56. The van der Waals surface area contributed by atoms with Gasteiger partial charge in [-0.05, 0) is 97.1 Å². The van der Waals surface area contributed by atoms with Crippen LogP contribution in [0, 0.1) is 46.1 Å². The van der Waals surface area contributed by atoms with Crippen LogP contribution < -0.4 is 18.9 Å². The minimum Gasteiger partial charge on any atom is -0.388 e. The van der Waals surface area contributed by atoms with E-state index < -0.39 is 9.84 Å². The number of hydrogen-bond donors (Lipinski definition) is 0. The Balaban J connectivity index is 0.000000222. The molecule has 0 heterocycles. The van der Waals surface area contributed by atoms with Gasteiger partial charge in [0.1, 0.15) is 23.0 Å². The maximum absolute atomic E-state index is 12.4. The fourth-order valence-corrected chi connectivity index (χ4v) is 5.09. The van der Waals surface area contributed by atoms with Gasteiger partial charge < -0.3 is 18.9 Å². The third-order valence-corrected chi connectivity index (χ3v) is 7.61. The number of ether oxygens (including phenoxy) is 4. The Hall–Kier alpha value is -5.66. The molecule has 0 aliphatic carbocycles. The highest BCUT2D eigenvalue weighted by Gasteiger charge is 2.17. The van der Waals surface area contributed by atoms with Crippen molar-refractivity contribution < 1.29 is 27.4 Å². The number of benzene rings is 4. The summed E-state index contributed by atoms with van der Waals surface area (Å²) in [4.78, 5) is 2.20. The Labute approximate surface area is 234 Å². The van der Waals surface area contributed by atoms with Crippen molar-refractivity contribution >= 4 is 21.6 Å². The van der Waals surface area contributed by atoms with Crippen LogP contribution in [-0.4, -0.2) is 8.42 Å². The summed E-state index contributed by atoms with van der Waals surface area (Å²) in [5, 5.41) is 33.5. The van der Waals surface area contributed by atoms with Crippen molar-refractivity contribution in [1.82, 2.24) is 0 Å². The number of hydrogen-bond acceptors (Lipinski definition) is 11. The molecule has 0 saturated heterocycles. The average Bonchev–Trinajstić information content (AvgIpc) is 2.97. The van der Waals surface area contributed by atoms with Crippen LogP contribution >= 0.6 is 11.8 Å². The standard InChI is InChI=1S/C14H8N2O4S.C14H8N2O2S/c15-9-19-11-1-5-13(6-2-11)21(17,18)14-7-3-12(4-8-14)20-10-16;15-9-17-11-1-5-13(6-2-11)19-14-7-3-12(4-8-14)18-10-16/h1-8H;1-8H. The summed E-state index contributed by atoms with van der Waals surface area (Å²) in [6.45, 7) is 0. The van der Waals surface area contributed by atoms with Gasteiger partial charge in [0.05, 0.1) is 9.79 Å². The molecular weight excluding hydrogens is 552 g/mol. The molecule has 0 aliphatic heterocycles. The molecule has 0 bridgehead atoms. The first-order valence-electron chi connectivity index (χ1n) is 11.0. The van der Waals surface area contributed by atoms with Gasteiger partial charge in [-0.1, -0.05) is 11.8 Å². The van der Waals surface area contributed by atoms with Gasteiger partial charge >= 0.3 is 0 Å². The second kappa shape index (κ2) is 14.3. The van der Waals surface area contributed by atoms with E-state index in [9.17, 15) is 8.42 Å². The SMILES string of the molecule is N#COc1ccc(S(=O)(=O)c2ccc(OC#N)cc2)cc1.N#COc1ccc(Sc2ccc(OC#N)cc2)cc1. The van der Waals surface area contributed by atoms with Gasteiger partial charge in [-0.25, -0.2) is 8.42 Å². The van der Waals surface area contributed by atoms with Crippen LogP contribution in [0.1, 0.15) is 0 Å². The number of rotatable bonds is 8. The second-order valence-electron chi connectivity index (χ2n) is 7.26. The maximum atomic E-state index is 12.4. The van der Waals surface area contributed by atoms with Gasteiger partial charge in [0, 0.05) is 9.79 Å². The summed E-state index contributed by atoms with van der Waals surface area (Å²) in [6, 6.07) is 25.4. The zero-order valence-electron chi connectivity index (χ0n) is 20.3. The number of sulfone groups is 1. The highest BCUT2D eigenvalue weighted by molar-refractivity contribution is 7.99. The lowest BCUT2D eigenvalue weighted by Gasteiger charge is -2.05. The van der Waals surface area contributed by atoms with E-state index in [-0.39, 0.29) is 21.3 Å². The van der Waals surface area contributed by atoms with Gasteiger partial charge in [-0.15, -0.1) is 21.0 Å². The van der Waals surface area contributed by atoms with E-state index in [0.717, 1.165) is 9.79 Å². The fraction of sp³-hybridized carbons (Fsp3) is 0. The molecule has 0 aliphatic rings. The highest BCUT2D eigenvalue weighted by atomic mass is 32.2. The van der Waals surface area contributed by atoms with Crippen molar-refractivity contribution in [3.63, 3.8) is 0 Å². The summed E-state index contributed by atoms with van der Waals surface area (Å²) < 4.78 is 43.3. The van der Waals surface area contributed by atoms with E-state index >= 15 is 0 Å². The van der Waals surface area contributed by atoms with Gasteiger partial charge in [0.25, 0.3) is 25.0 Å². The Kier molecular flexibility index (Phi) is 10.4. The topological polar surface area (TPSA) is 166 Å². The van der Waals surface area contributed by atoms with Crippen LogP contribution in [0.2, 0.25) is 0 Å². The van der Waals surface area contributed by atoms with Crippen molar-refractivity contribution in [3.8, 4) is 48.0 Å². The van der Waals surface area contributed by atoms with E-state index in [0.29, 0.717) is 11.5 Å². The quantitative estimate of drug-likeness (QED) is 0.236. The Morgan fingerprint density at radius 3 is 0.950 bits per heavy atom. The summed E-state index contributed by atoms with van der Waals surface area (Å²) in [7, 11) is -3.68. The van der Waals surface area contributed by atoms with E-state index in [1.807, 2.05) is 24.3 Å². The normalized spacial score (nSPS) is 9.70. The number of nitriles is 4. The van der Waals surface area contributed by atoms with Crippen molar-refractivity contribution in [2.45, 2.75) is 19.6 Å². The van der Waals surface area contributed by atoms with Gasteiger partial charge in [-0.3, -0.25) is 0 Å². The zero-order valence-corrected chi connectivity index (χ0v) is 21.9. The molecule has 0 saturated carbocycles. The summed E-state index contributed by atoms with van der Waals surface area (Å²) in [6.07, 6.45) is 6.25. The first-order valence-corrected chi connectivity index (χ1v) is 13.3. The van der Waals surface area contributed by atoms with E-state index in [2.05, 4.69) is 9.47 Å². The van der Waals surface area contributed by atoms with Gasteiger partial charge in [0.15, 0.2) is 0 Å². The molecule has 12 heteroatoms. The number of nitrogens with zero attached hydrogens (tertiary/aromatic N) is 4. The van der Waals surface area contributed by atoms with Gasteiger partial charge in [-0.2, -0.15) is 0 Å². The molecule has 4 rings (SSSR count). The first-order chi connectivity index (χ1) is 19.4. The molecule has 0 atom stereocenters. The fourth-order valence-electron chi connectivity index (χ4n) is 3.01. The molecule has 0 spiro atoms. The Morgan fingerprint density at radius 1 is 0.450 bits per heavy atom. The Bertz CT molecular complexity index is 1570. The lowest BCUT2D eigenvalue weighted by molar-refractivity contribution is 0.506. The molecule has 0 fully saturated rings. The van der Waals surface area contributed by atoms with Crippen molar-refractivity contribution in [1.29, 1.82) is 21.0 Å². The molecular formula is C28H16N4O6S2.